The van der Waals surface area contributed by atoms with Crippen LogP contribution in [0.15, 0.2) is 29.8 Å². The maximum absolute atomic E-state index is 5.41. The van der Waals surface area contributed by atoms with Gasteiger partial charge in [0.1, 0.15) is 16.5 Å². The second-order valence-corrected chi connectivity index (χ2v) is 4.63. The number of thiazole rings is 1. The molecule has 0 aliphatic carbocycles. The molecule has 0 saturated heterocycles. The minimum absolute atomic E-state index is 0.00931. The third-order valence-corrected chi connectivity index (χ3v) is 3.58. The Labute approximate surface area is 111 Å². The summed E-state index contributed by atoms with van der Waals surface area (Å²) < 4.78 is 10.7. The van der Waals surface area contributed by atoms with Gasteiger partial charge < -0.3 is 14.8 Å². The first-order chi connectivity index (χ1) is 8.80. The molecule has 0 aliphatic rings. The van der Waals surface area contributed by atoms with Gasteiger partial charge in [-0.2, -0.15) is 0 Å². The summed E-state index contributed by atoms with van der Waals surface area (Å²) in [5.41, 5.74) is 1.02. The van der Waals surface area contributed by atoms with Crippen LogP contribution in [0.4, 0.5) is 0 Å². The van der Waals surface area contributed by atoms with Gasteiger partial charge >= 0.3 is 0 Å². The minimum atomic E-state index is 0.00931. The molecule has 1 atom stereocenters. The smallest absolute Gasteiger partial charge is 0.124 e. The maximum Gasteiger partial charge on any atom is 0.124 e. The number of hydrogen-bond acceptors (Lipinski definition) is 5. The van der Waals surface area contributed by atoms with Crippen molar-refractivity contribution in [2.24, 2.45) is 0 Å². The van der Waals surface area contributed by atoms with E-state index in [4.69, 9.17) is 9.47 Å². The Morgan fingerprint density at radius 3 is 2.67 bits per heavy atom. The lowest BCUT2D eigenvalue weighted by Gasteiger charge is -2.18. The molecule has 0 spiro atoms. The maximum atomic E-state index is 5.41. The summed E-state index contributed by atoms with van der Waals surface area (Å²) >= 11 is 1.61. The lowest BCUT2D eigenvalue weighted by atomic mass is 10.1. The molecule has 2 aromatic rings. The van der Waals surface area contributed by atoms with Crippen molar-refractivity contribution in [3.63, 3.8) is 0 Å². The molecule has 1 aromatic heterocycles. The minimum Gasteiger partial charge on any atom is -0.497 e. The molecule has 5 heteroatoms. The number of hydrogen-bond donors (Lipinski definition) is 1. The van der Waals surface area contributed by atoms with Crippen molar-refractivity contribution >= 4 is 11.3 Å². The molecule has 1 heterocycles. The fraction of sp³-hybridized carbons (Fsp3) is 0.308. The van der Waals surface area contributed by atoms with Crippen LogP contribution in [0.2, 0.25) is 0 Å². The molecule has 0 amide bonds. The van der Waals surface area contributed by atoms with E-state index in [-0.39, 0.29) is 6.04 Å². The van der Waals surface area contributed by atoms with Crippen LogP contribution >= 0.6 is 11.3 Å². The van der Waals surface area contributed by atoms with E-state index in [9.17, 15) is 0 Å². The van der Waals surface area contributed by atoms with Crippen molar-refractivity contribution in [1.29, 1.82) is 0 Å². The van der Waals surface area contributed by atoms with Crippen LogP contribution in [0.3, 0.4) is 0 Å². The average Bonchev–Trinajstić information content (AvgIpc) is 2.93. The van der Waals surface area contributed by atoms with E-state index < -0.39 is 0 Å². The van der Waals surface area contributed by atoms with Gasteiger partial charge in [0, 0.05) is 17.1 Å². The number of aromatic nitrogens is 1. The molecule has 1 aromatic carbocycles. The van der Waals surface area contributed by atoms with Crippen LogP contribution in [0, 0.1) is 0 Å². The molecule has 0 saturated carbocycles. The first-order valence-corrected chi connectivity index (χ1v) is 6.46. The molecule has 1 unspecified atom stereocenters. The van der Waals surface area contributed by atoms with Crippen LogP contribution in [-0.4, -0.2) is 26.3 Å². The van der Waals surface area contributed by atoms with Gasteiger partial charge in [0.25, 0.3) is 0 Å². The number of nitrogens with zero attached hydrogens (tertiary/aromatic N) is 1. The molecular weight excluding hydrogens is 248 g/mol. The quantitative estimate of drug-likeness (QED) is 0.901. The second-order valence-electron chi connectivity index (χ2n) is 3.70. The normalized spacial score (nSPS) is 12.2. The number of methoxy groups -OCH3 is 2. The van der Waals surface area contributed by atoms with Crippen molar-refractivity contribution in [3.05, 3.63) is 40.3 Å². The predicted octanol–water partition coefficient (Wildman–Crippen LogP) is 2.47. The third kappa shape index (κ3) is 2.47. The molecule has 0 bridgehead atoms. The highest BCUT2D eigenvalue weighted by Gasteiger charge is 2.19. The number of ether oxygens (including phenoxy) is 2. The third-order valence-electron chi connectivity index (χ3n) is 2.73. The first kappa shape index (κ1) is 12.9. The number of benzene rings is 1. The molecule has 0 aliphatic heterocycles. The lowest BCUT2D eigenvalue weighted by Crippen LogP contribution is -2.18. The summed E-state index contributed by atoms with van der Waals surface area (Å²) in [6, 6.07) is 5.78. The Balaban J connectivity index is 2.46. The van der Waals surface area contributed by atoms with Gasteiger partial charge in [-0.3, -0.25) is 0 Å². The van der Waals surface area contributed by atoms with E-state index in [2.05, 4.69) is 10.3 Å². The molecule has 0 fully saturated rings. The van der Waals surface area contributed by atoms with Crippen molar-refractivity contribution in [2.75, 3.05) is 21.3 Å². The van der Waals surface area contributed by atoms with E-state index in [1.165, 1.54) is 0 Å². The van der Waals surface area contributed by atoms with E-state index >= 15 is 0 Å². The highest BCUT2D eigenvalue weighted by Crippen LogP contribution is 2.33. The first-order valence-electron chi connectivity index (χ1n) is 5.58. The zero-order chi connectivity index (χ0) is 13.0. The van der Waals surface area contributed by atoms with Crippen molar-refractivity contribution in [2.45, 2.75) is 6.04 Å². The average molecular weight is 264 g/mol. The summed E-state index contributed by atoms with van der Waals surface area (Å²) in [6.45, 7) is 0. The van der Waals surface area contributed by atoms with E-state index in [0.717, 1.165) is 22.1 Å². The zero-order valence-corrected chi connectivity index (χ0v) is 11.5. The summed E-state index contributed by atoms with van der Waals surface area (Å²) in [4.78, 5) is 4.35. The monoisotopic (exact) mass is 264 g/mol. The summed E-state index contributed by atoms with van der Waals surface area (Å²) in [6.07, 6.45) is 1.80. The molecule has 96 valence electrons. The molecular formula is C13H16N2O2S. The molecule has 2 rings (SSSR count). The predicted molar refractivity (Wildman–Crippen MR) is 72.6 cm³/mol. The SMILES string of the molecule is CNC(c1nccs1)c1cc(OC)ccc1OC. The van der Waals surface area contributed by atoms with E-state index in [0.29, 0.717) is 0 Å². The van der Waals surface area contributed by atoms with Crippen LogP contribution in [-0.2, 0) is 0 Å². The van der Waals surface area contributed by atoms with Crippen LogP contribution in [0.1, 0.15) is 16.6 Å². The molecule has 4 nitrogen and oxygen atoms in total. The Morgan fingerprint density at radius 2 is 2.11 bits per heavy atom. The topological polar surface area (TPSA) is 43.4 Å². The zero-order valence-electron chi connectivity index (χ0n) is 10.6. The van der Waals surface area contributed by atoms with E-state index in [1.54, 1.807) is 31.8 Å². The standard InChI is InChI=1S/C13H16N2O2S/c1-14-12(13-15-6-7-18-13)10-8-9(16-2)4-5-11(10)17-3/h4-8,12,14H,1-3H3. The van der Waals surface area contributed by atoms with Crippen molar-refractivity contribution in [3.8, 4) is 11.5 Å². The van der Waals surface area contributed by atoms with Gasteiger partial charge in [-0.25, -0.2) is 4.98 Å². The summed E-state index contributed by atoms with van der Waals surface area (Å²) in [5, 5.41) is 6.23. The Morgan fingerprint density at radius 1 is 1.28 bits per heavy atom. The van der Waals surface area contributed by atoms with Crippen molar-refractivity contribution in [1.82, 2.24) is 10.3 Å². The van der Waals surface area contributed by atoms with Crippen LogP contribution < -0.4 is 14.8 Å². The van der Waals surface area contributed by atoms with E-state index in [1.807, 2.05) is 30.6 Å². The van der Waals surface area contributed by atoms with Gasteiger partial charge in [-0.05, 0) is 25.2 Å². The van der Waals surface area contributed by atoms with Gasteiger partial charge in [0.15, 0.2) is 0 Å². The number of nitrogens with one attached hydrogen (secondary N) is 1. The van der Waals surface area contributed by atoms with Crippen LogP contribution in [0.5, 0.6) is 11.5 Å². The molecule has 1 N–H and O–H groups in total. The van der Waals surface area contributed by atoms with Crippen LogP contribution in [0.25, 0.3) is 0 Å². The number of rotatable bonds is 5. The Kier molecular flexibility index (Phi) is 4.17. The highest BCUT2D eigenvalue weighted by molar-refractivity contribution is 7.09. The Bertz CT molecular complexity index is 500. The molecule has 0 radical (unpaired) electrons. The largest absolute Gasteiger partial charge is 0.497 e. The Hall–Kier alpha value is -1.59. The highest BCUT2D eigenvalue weighted by atomic mass is 32.1. The summed E-state index contributed by atoms with van der Waals surface area (Å²) in [5.74, 6) is 1.63. The fourth-order valence-corrected chi connectivity index (χ4v) is 2.62. The van der Waals surface area contributed by atoms with Crippen molar-refractivity contribution < 1.29 is 9.47 Å². The van der Waals surface area contributed by atoms with Gasteiger partial charge in [-0.15, -0.1) is 11.3 Å². The van der Waals surface area contributed by atoms with Gasteiger partial charge in [0.05, 0.1) is 20.3 Å². The fourth-order valence-electron chi connectivity index (χ4n) is 1.85. The molecule has 18 heavy (non-hydrogen) atoms. The van der Waals surface area contributed by atoms with Gasteiger partial charge in [-0.1, -0.05) is 0 Å². The lowest BCUT2D eigenvalue weighted by molar-refractivity contribution is 0.395. The van der Waals surface area contributed by atoms with Gasteiger partial charge in [0.2, 0.25) is 0 Å². The second kappa shape index (κ2) is 5.84. The summed E-state index contributed by atoms with van der Waals surface area (Å²) in [7, 11) is 5.23.